The lowest BCUT2D eigenvalue weighted by Crippen LogP contribution is -2.61. The van der Waals surface area contributed by atoms with Crippen molar-refractivity contribution in [3.63, 3.8) is 0 Å². The summed E-state index contributed by atoms with van der Waals surface area (Å²) in [4.78, 5) is 17.3. The van der Waals surface area contributed by atoms with Crippen LogP contribution >= 0.6 is 0 Å². The molecule has 0 aromatic heterocycles. The van der Waals surface area contributed by atoms with E-state index in [1.807, 2.05) is 0 Å². The summed E-state index contributed by atoms with van der Waals surface area (Å²) in [5.41, 5.74) is 5.62. The number of piperazine rings is 1. The van der Waals surface area contributed by atoms with Gasteiger partial charge in [0.25, 0.3) is 0 Å². The second-order valence-corrected chi connectivity index (χ2v) is 6.44. The second-order valence-electron chi connectivity index (χ2n) is 6.44. The first-order valence-electron chi connectivity index (χ1n) is 7.41. The van der Waals surface area contributed by atoms with Crippen LogP contribution in [0, 0.1) is 5.41 Å². The number of carbonyl (C=O) groups is 1. The van der Waals surface area contributed by atoms with Gasteiger partial charge < -0.3 is 10.6 Å². The van der Waals surface area contributed by atoms with Crippen molar-refractivity contribution in [2.24, 2.45) is 11.1 Å². The third-order valence-corrected chi connectivity index (χ3v) is 5.15. The van der Waals surface area contributed by atoms with Crippen molar-refractivity contribution in [3.05, 3.63) is 0 Å². The van der Waals surface area contributed by atoms with Crippen LogP contribution < -0.4 is 5.73 Å². The zero-order chi connectivity index (χ0) is 12.8. The summed E-state index contributed by atoms with van der Waals surface area (Å²) in [5, 5.41) is 0. The number of rotatable bonds is 2. The van der Waals surface area contributed by atoms with Crippen molar-refractivity contribution in [2.45, 2.75) is 51.1 Å². The van der Waals surface area contributed by atoms with Gasteiger partial charge in [0.15, 0.2) is 0 Å². The number of carbonyl (C=O) groups excluding carboxylic acids is 1. The minimum Gasteiger partial charge on any atom is -0.337 e. The molecule has 1 amide bonds. The third-order valence-electron chi connectivity index (χ3n) is 5.15. The van der Waals surface area contributed by atoms with E-state index in [4.69, 9.17) is 5.73 Å². The molecule has 0 aromatic rings. The second kappa shape index (κ2) is 4.49. The predicted octanol–water partition coefficient (Wildman–Crippen LogP) is 0.811. The average molecular weight is 251 g/mol. The number of nitrogens with two attached hydrogens (primary N) is 1. The molecule has 4 heteroatoms. The number of piperidine rings is 1. The Morgan fingerprint density at radius 1 is 1.33 bits per heavy atom. The molecule has 0 bridgehead atoms. The maximum Gasteiger partial charge on any atom is 0.230 e. The van der Waals surface area contributed by atoms with Crippen LogP contribution in [0.1, 0.15) is 39.0 Å². The molecule has 2 saturated heterocycles. The fraction of sp³-hybridized carbons (Fsp3) is 0.929. The van der Waals surface area contributed by atoms with Gasteiger partial charge in [0.2, 0.25) is 5.91 Å². The molecule has 18 heavy (non-hydrogen) atoms. The molecule has 1 aliphatic carbocycles. The summed E-state index contributed by atoms with van der Waals surface area (Å²) < 4.78 is 0. The van der Waals surface area contributed by atoms with E-state index in [0.29, 0.717) is 24.5 Å². The Balaban J connectivity index is 1.71. The van der Waals surface area contributed by atoms with Crippen LogP contribution in [0.4, 0.5) is 0 Å². The van der Waals surface area contributed by atoms with Gasteiger partial charge in [-0.05, 0) is 39.2 Å². The Morgan fingerprint density at radius 2 is 2.11 bits per heavy atom. The van der Waals surface area contributed by atoms with Gasteiger partial charge in [-0.2, -0.15) is 0 Å². The molecular formula is C14H25N3O. The highest BCUT2D eigenvalue weighted by atomic mass is 16.2. The average Bonchev–Trinajstić information content (AvgIpc) is 3.18. The summed E-state index contributed by atoms with van der Waals surface area (Å²) in [6.45, 7) is 5.93. The van der Waals surface area contributed by atoms with Crippen LogP contribution in [0.2, 0.25) is 0 Å². The maximum absolute atomic E-state index is 12.6. The van der Waals surface area contributed by atoms with Gasteiger partial charge in [-0.25, -0.2) is 0 Å². The van der Waals surface area contributed by atoms with Crippen molar-refractivity contribution >= 4 is 5.91 Å². The fourth-order valence-electron chi connectivity index (χ4n) is 3.60. The Morgan fingerprint density at radius 3 is 2.78 bits per heavy atom. The first-order valence-corrected chi connectivity index (χ1v) is 7.41. The van der Waals surface area contributed by atoms with Gasteiger partial charge in [0, 0.05) is 31.7 Å². The van der Waals surface area contributed by atoms with Crippen LogP contribution in [0.3, 0.4) is 0 Å². The van der Waals surface area contributed by atoms with Gasteiger partial charge in [-0.1, -0.05) is 6.42 Å². The lowest BCUT2D eigenvalue weighted by Gasteiger charge is -2.48. The van der Waals surface area contributed by atoms with E-state index in [9.17, 15) is 4.79 Å². The van der Waals surface area contributed by atoms with Crippen LogP contribution in [0.5, 0.6) is 0 Å². The lowest BCUT2D eigenvalue weighted by atomic mass is 9.95. The van der Waals surface area contributed by atoms with Crippen LogP contribution in [-0.4, -0.2) is 54.0 Å². The molecule has 3 aliphatic rings. The molecule has 3 rings (SSSR count). The Bertz CT molecular complexity index is 340. The zero-order valence-corrected chi connectivity index (χ0v) is 11.4. The smallest absolute Gasteiger partial charge is 0.230 e. The number of hydrogen-bond acceptors (Lipinski definition) is 3. The fourth-order valence-corrected chi connectivity index (χ4v) is 3.60. The maximum atomic E-state index is 12.6. The normalized spacial score (nSPS) is 35.1. The number of nitrogens with zero attached hydrogens (tertiary/aromatic N) is 2. The number of fused-ring (bicyclic) bond motifs is 1. The van der Waals surface area contributed by atoms with Gasteiger partial charge in [0.1, 0.15) is 0 Å². The van der Waals surface area contributed by atoms with Crippen molar-refractivity contribution in [1.29, 1.82) is 0 Å². The van der Waals surface area contributed by atoms with E-state index >= 15 is 0 Å². The molecule has 3 fully saturated rings. The molecule has 0 radical (unpaired) electrons. The molecule has 2 atom stereocenters. The molecule has 102 valence electrons. The van der Waals surface area contributed by atoms with E-state index in [2.05, 4.69) is 16.7 Å². The minimum absolute atomic E-state index is 0.175. The van der Waals surface area contributed by atoms with E-state index in [1.165, 1.54) is 25.8 Å². The molecular weight excluding hydrogens is 226 g/mol. The molecule has 2 N–H and O–H groups in total. The highest BCUT2D eigenvalue weighted by Crippen LogP contribution is 2.47. The lowest BCUT2D eigenvalue weighted by molar-refractivity contribution is -0.143. The van der Waals surface area contributed by atoms with E-state index < -0.39 is 0 Å². The molecule has 0 spiro atoms. The first-order chi connectivity index (χ1) is 8.66. The SMILES string of the molecule is CC1CN2CCCCC2CN1C(=O)C1(CN)CC1. The van der Waals surface area contributed by atoms with Gasteiger partial charge in [0.05, 0.1) is 5.41 Å². The Labute approximate surface area is 109 Å². The standard InChI is InChI=1S/C14H25N3O/c1-11-8-16-7-3-2-4-12(16)9-17(11)13(18)14(10-15)5-6-14/h11-12H,2-10,15H2,1H3. The van der Waals surface area contributed by atoms with Crippen LogP contribution in [-0.2, 0) is 4.79 Å². The van der Waals surface area contributed by atoms with Crippen molar-refractivity contribution in [2.75, 3.05) is 26.2 Å². The molecule has 0 aromatic carbocycles. The number of hydrogen-bond donors (Lipinski definition) is 1. The van der Waals surface area contributed by atoms with Crippen molar-refractivity contribution in [1.82, 2.24) is 9.80 Å². The van der Waals surface area contributed by atoms with E-state index in [1.54, 1.807) is 0 Å². The molecule has 1 saturated carbocycles. The predicted molar refractivity (Wildman–Crippen MR) is 71.1 cm³/mol. The Kier molecular flexibility index (Phi) is 3.10. The molecule has 2 heterocycles. The van der Waals surface area contributed by atoms with Crippen molar-refractivity contribution < 1.29 is 4.79 Å². The summed E-state index contributed by atoms with van der Waals surface area (Å²) >= 11 is 0. The third kappa shape index (κ3) is 1.95. The van der Waals surface area contributed by atoms with Gasteiger partial charge in [-0.3, -0.25) is 9.69 Å². The van der Waals surface area contributed by atoms with Gasteiger partial charge in [-0.15, -0.1) is 0 Å². The highest BCUT2D eigenvalue weighted by Gasteiger charge is 2.52. The highest BCUT2D eigenvalue weighted by molar-refractivity contribution is 5.86. The summed E-state index contributed by atoms with van der Waals surface area (Å²) in [7, 11) is 0. The summed E-state index contributed by atoms with van der Waals surface area (Å²) in [6.07, 6.45) is 5.90. The summed E-state index contributed by atoms with van der Waals surface area (Å²) in [6, 6.07) is 0.961. The van der Waals surface area contributed by atoms with Gasteiger partial charge >= 0.3 is 0 Å². The monoisotopic (exact) mass is 251 g/mol. The first kappa shape index (κ1) is 12.4. The molecule has 2 unspecified atom stereocenters. The topological polar surface area (TPSA) is 49.6 Å². The quantitative estimate of drug-likeness (QED) is 0.790. The van der Waals surface area contributed by atoms with Crippen molar-refractivity contribution in [3.8, 4) is 0 Å². The van der Waals surface area contributed by atoms with Crippen LogP contribution in [0.15, 0.2) is 0 Å². The van der Waals surface area contributed by atoms with E-state index in [0.717, 1.165) is 25.9 Å². The van der Waals surface area contributed by atoms with E-state index in [-0.39, 0.29) is 5.41 Å². The molecule has 2 aliphatic heterocycles. The molecule has 4 nitrogen and oxygen atoms in total. The zero-order valence-electron chi connectivity index (χ0n) is 11.4. The summed E-state index contributed by atoms with van der Waals surface area (Å²) in [5.74, 6) is 0.336. The minimum atomic E-state index is -0.175. The number of amides is 1. The Hall–Kier alpha value is -0.610. The largest absolute Gasteiger partial charge is 0.337 e. The van der Waals surface area contributed by atoms with Crippen LogP contribution in [0.25, 0.3) is 0 Å².